The Kier molecular flexibility index (Phi) is 7.38. The summed E-state index contributed by atoms with van der Waals surface area (Å²) in [5.74, 6) is 0.322. The van der Waals surface area contributed by atoms with Crippen LogP contribution < -0.4 is 14.4 Å². The van der Waals surface area contributed by atoms with Crippen molar-refractivity contribution in [1.82, 2.24) is 14.9 Å². The van der Waals surface area contributed by atoms with Crippen LogP contribution in [0.3, 0.4) is 0 Å². The van der Waals surface area contributed by atoms with Gasteiger partial charge >= 0.3 is 0 Å². The van der Waals surface area contributed by atoms with Crippen molar-refractivity contribution in [3.63, 3.8) is 0 Å². The molecule has 9 nitrogen and oxygen atoms in total. The van der Waals surface area contributed by atoms with Crippen molar-refractivity contribution in [1.29, 1.82) is 0 Å². The standard InChI is InChI=1S/C26H31N5O4S.ClH/c1-5-36(33,34)29-21-14-18(15-28-24(21)35-12-6-11-30(2)3)17-7-8-20-19(13-17)23-22(16-27-20)31(4)25(32)26(23)9-10-26;/h7-8,13-16,29H,5-6,9-12H2,1-4H3;1H. The summed E-state index contributed by atoms with van der Waals surface area (Å²) in [6.45, 7) is 2.85. The van der Waals surface area contributed by atoms with Crippen LogP contribution in [0.15, 0.2) is 36.7 Å². The molecule has 1 N–H and O–H groups in total. The molecule has 0 bridgehead atoms. The molecule has 198 valence electrons. The second-order valence-electron chi connectivity index (χ2n) is 9.78. The SMILES string of the molecule is CCS(=O)(=O)Nc1cc(-c2ccc3ncc4c(c3c2)C2(CC2)C(=O)N4C)cnc1OCCCN(C)C.Cl. The number of ether oxygens (including phenoxy) is 1. The van der Waals surface area contributed by atoms with Crippen LogP contribution >= 0.6 is 12.4 Å². The Labute approximate surface area is 223 Å². The van der Waals surface area contributed by atoms with Crippen molar-refractivity contribution < 1.29 is 17.9 Å². The molecule has 0 radical (unpaired) electrons. The number of fused-ring (bicyclic) bond motifs is 4. The third-order valence-corrected chi connectivity index (χ3v) is 8.26. The highest BCUT2D eigenvalue weighted by Gasteiger charge is 2.59. The Morgan fingerprint density at radius 3 is 2.57 bits per heavy atom. The molecule has 3 aromatic rings. The molecule has 37 heavy (non-hydrogen) atoms. The molecule has 1 aliphatic heterocycles. The Morgan fingerprint density at radius 1 is 1.14 bits per heavy atom. The predicted octanol–water partition coefficient (Wildman–Crippen LogP) is 3.82. The maximum absolute atomic E-state index is 12.9. The lowest BCUT2D eigenvalue weighted by atomic mass is 9.92. The summed E-state index contributed by atoms with van der Waals surface area (Å²) >= 11 is 0. The van der Waals surface area contributed by atoms with Gasteiger partial charge in [-0.05, 0) is 64.0 Å². The highest BCUT2D eigenvalue weighted by Crippen LogP contribution is 2.58. The van der Waals surface area contributed by atoms with Crippen LogP contribution in [0, 0.1) is 0 Å². The van der Waals surface area contributed by atoms with E-state index in [1.807, 2.05) is 32.3 Å². The van der Waals surface area contributed by atoms with Gasteiger partial charge in [-0.15, -0.1) is 12.4 Å². The minimum Gasteiger partial charge on any atom is -0.476 e. The molecule has 0 unspecified atom stereocenters. The van der Waals surface area contributed by atoms with Crippen LogP contribution in [0.4, 0.5) is 11.4 Å². The van der Waals surface area contributed by atoms with Gasteiger partial charge in [0.2, 0.25) is 21.8 Å². The van der Waals surface area contributed by atoms with Crippen molar-refractivity contribution in [3.05, 3.63) is 42.2 Å². The van der Waals surface area contributed by atoms with E-state index in [1.54, 1.807) is 37.3 Å². The van der Waals surface area contributed by atoms with E-state index in [0.717, 1.165) is 59.1 Å². The zero-order valence-corrected chi connectivity index (χ0v) is 23.1. The lowest BCUT2D eigenvalue weighted by Crippen LogP contribution is -2.28. The topological polar surface area (TPSA) is 105 Å². The van der Waals surface area contributed by atoms with Crippen molar-refractivity contribution in [2.24, 2.45) is 0 Å². The molecule has 1 spiro atoms. The molecule has 2 aliphatic rings. The first-order valence-electron chi connectivity index (χ1n) is 12.1. The van der Waals surface area contributed by atoms with Crippen LogP contribution in [-0.2, 0) is 20.2 Å². The maximum Gasteiger partial charge on any atom is 0.238 e. The van der Waals surface area contributed by atoms with E-state index in [0.29, 0.717) is 12.3 Å². The summed E-state index contributed by atoms with van der Waals surface area (Å²) in [4.78, 5) is 25.8. The maximum atomic E-state index is 12.9. The number of benzene rings is 1. The first kappa shape index (κ1) is 27.1. The van der Waals surface area contributed by atoms with E-state index < -0.39 is 15.4 Å². The molecular weight excluding hydrogens is 514 g/mol. The molecule has 1 saturated carbocycles. The molecule has 11 heteroatoms. The van der Waals surface area contributed by atoms with Gasteiger partial charge in [0.15, 0.2) is 0 Å². The highest BCUT2D eigenvalue weighted by molar-refractivity contribution is 7.92. The average molecular weight is 546 g/mol. The summed E-state index contributed by atoms with van der Waals surface area (Å²) in [7, 11) is 2.25. The zero-order valence-electron chi connectivity index (χ0n) is 21.4. The molecule has 1 amide bonds. The Bertz CT molecular complexity index is 1460. The minimum atomic E-state index is -3.53. The number of anilines is 2. The van der Waals surface area contributed by atoms with Crippen molar-refractivity contribution >= 4 is 50.6 Å². The third kappa shape index (κ3) is 4.97. The third-order valence-electron chi connectivity index (χ3n) is 6.97. The normalized spacial score (nSPS) is 15.7. The van der Waals surface area contributed by atoms with Gasteiger partial charge in [0.1, 0.15) is 5.69 Å². The van der Waals surface area contributed by atoms with Crippen LogP contribution in [-0.4, -0.2) is 69.2 Å². The largest absolute Gasteiger partial charge is 0.476 e. The number of hydrogen-bond acceptors (Lipinski definition) is 7. The number of amides is 1. The van der Waals surface area contributed by atoms with Crippen LogP contribution in [0.2, 0.25) is 0 Å². The minimum absolute atomic E-state index is 0. The number of carbonyl (C=O) groups is 1. The van der Waals surface area contributed by atoms with E-state index in [9.17, 15) is 13.2 Å². The van der Waals surface area contributed by atoms with Gasteiger partial charge in [0.05, 0.1) is 35.2 Å². The first-order chi connectivity index (χ1) is 17.1. The summed E-state index contributed by atoms with van der Waals surface area (Å²) in [5, 5.41) is 0.944. The Hall–Kier alpha value is -2.95. The number of rotatable bonds is 9. The summed E-state index contributed by atoms with van der Waals surface area (Å²) in [6, 6.07) is 7.66. The lowest BCUT2D eigenvalue weighted by molar-refractivity contribution is -0.119. The Morgan fingerprint density at radius 2 is 1.89 bits per heavy atom. The number of nitrogens with zero attached hydrogens (tertiary/aromatic N) is 4. The number of aromatic nitrogens is 2. The molecule has 0 atom stereocenters. The predicted molar refractivity (Wildman–Crippen MR) is 148 cm³/mol. The fraction of sp³-hybridized carbons (Fsp3) is 0.423. The monoisotopic (exact) mass is 545 g/mol. The van der Waals surface area contributed by atoms with E-state index in [-0.39, 0.29) is 29.9 Å². The number of hydrogen-bond donors (Lipinski definition) is 1. The second kappa shape index (κ2) is 10.1. The molecule has 1 aromatic carbocycles. The van der Waals surface area contributed by atoms with Crippen LogP contribution in [0.1, 0.15) is 31.7 Å². The number of halogens is 1. The highest BCUT2D eigenvalue weighted by atomic mass is 35.5. The molecule has 5 rings (SSSR count). The Balaban J connectivity index is 0.00000320. The molecule has 3 heterocycles. The molecule has 2 aromatic heterocycles. The van der Waals surface area contributed by atoms with Crippen LogP contribution in [0.25, 0.3) is 22.0 Å². The fourth-order valence-electron chi connectivity index (χ4n) is 4.83. The number of pyridine rings is 2. The van der Waals surface area contributed by atoms with Crippen molar-refractivity contribution in [2.45, 2.75) is 31.6 Å². The summed E-state index contributed by atoms with van der Waals surface area (Å²) in [5.41, 5.74) is 4.21. The van der Waals surface area contributed by atoms with Gasteiger partial charge in [-0.3, -0.25) is 14.5 Å². The quantitative estimate of drug-likeness (QED) is 0.407. The molecule has 0 saturated heterocycles. The number of likely N-dealkylation sites (N-methyl/N-ethyl adjacent to an activating group) is 1. The van der Waals surface area contributed by atoms with E-state index in [2.05, 4.69) is 19.6 Å². The van der Waals surface area contributed by atoms with Gasteiger partial charge in [-0.1, -0.05) is 6.07 Å². The van der Waals surface area contributed by atoms with E-state index in [4.69, 9.17) is 4.74 Å². The fourth-order valence-corrected chi connectivity index (χ4v) is 5.46. The van der Waals surface area contributed by atoms with Crippen molar-refractivity contribution in [2.75, 3.05) is 49.7 Å². The summed E-state index contributed by atoms with van der Waals surface area (Å²) < 4.78 is 33.2. The van der Waals surface area contributed by atoms with Gasteiger partial charge in [-0.25, -0.2) is 13.4 Å². The van der Waals surface area contributed by atoms with Gasteiger partial charge < -0.3 is 14.5 Å². The zero-order chi connectivity index (χ0) is 25.7. The number of carbonyl (C=O) groups excluding carboxylic acids is 1. The smallest absolute Gasteiger partial charge is 0.238 e. The van der Waals surface area contributed by atoms with E-state index in [1.165, 1.54) is 0 Å². The van der Waals surface area contributed by atoms with Crippen molar-refractivity contribution in [3.8, 4) is 17.0 Å². The molecule has 1 aliphatic carbocycles. The molecular formula is C26H32ClN5O4S. The van der Waals surface area contributed by atoms with Gasteiger partial charge in [0, 0.05) is 36.3 Å². The lowest BCUT2D eigenvalue weighted by Gasteiger charge is -2.15. The molecule has 1 fully saturated rings. The van der Waals surface area contributed by atoms with Gasteiger partial charge in [0.25, 0.3) is 0 Å². The number of sulfonamides is 1. The second-order valence-corrected chi connectivity index (χ2v) is 11.8. The van der Waals surface area contributed by atoms with Crippen LogP contribution in [0.5, 0.6) is 5.88 Å². The number of nitrogens with one attached hydrogen (secondary N) is 1. The average Bonchev–Trinajstić information content (AvgIpc) is 3.63. The van der Waals surface area contributed by atoms with E-state index >= 15 is 0 Å². The van der Waals surface area contributed by atoms with Gasteiger partial charge in [-0.2, -0.15) is 0 Å². The first-order valence-corrected chi connectivity index (χ1v) is 13.8. The summed E-state index contributed by atoms with van der Waals surface area (Å²) in [6.07, 6.45) is 5.94.